The standard InChI is InChI=1S/C68H52N2.2C2H6/c1-5-6-21-47-32-34-54(40-46(47)2)69(52-28-15-9-16-29-52)56-37-39-59-61(42-56)67(50-25-13-8-14-26-50)62-44-60-58-38-36-57(43-64(58)68(3,4)65(60)45-63(62)66(59)49-23-11-7-12-24-49)70(53-30-17-10-18-31-53)55-35-33-48-22-19-20-27-51(48)41-55;2*1-2/h5-45H,1H2,2-4H3;2*1-2H3/b21-6-;;. The van der Waals surface area contributed by atoms with Gasteiger partial charge in [-0.25, -0.2) is 0 Å². The third-order valence-corrected chi connectivity index (χ3v) is 14.5. The maximum atomic E-state index is 3.90. The van der Waals surface area contributed by atoms with Crippen molar-refractivity contribution in [2.24, 2.45) is 0 Å². The molecule has 0 aliphatic heterocycles. The molecule has 12 rings (SSSR count). The lowest BCUT2D eigenvalue weighted by atomic mass is 9.79. The van der Waals surface area contributed by atoms with Crippen LogP contribution in [0.5, 0.6) is 0 Å². The fourth-order valence-corrected chi connectivity index (χ4v) is 11.1. The first-order valence-corrected chi connectivity index (χ1v) is 26.3. The highest BCUT2D eigenvalue weighted by atomic mass is 15.1. The summed E-state index contributed by atoms with van der Waals surface area (Å²) in [4.78, 5) is 4.80. The number of hydrogen-bond donors (Lipinski definition) is 0. The van der Waals surface area contributed by atoms with Gasteiger partial charge in [0, 0.05) is 39.5 Å². The molecule has 1 aliphatic rings. The fourth-order valence-electron chi connectivity index (χ4n) is 11.1. The number of hydrogen-bond acceptors (Lipinski definition) is 2. The van der Waals surface area contributed by atoms with Crippen LogP contribution in [0, 0.1) is 6.92 Å². The van der Waals surface area contributed by atoms with Crippen molar-refractivity contribution in [1.82, 2.24) is 0 Å². The minimum absolute atomic E-state index is 0.286. The Labute approximate surface area is 438 Å². The number of para-hydroxylation sites is 2. The summed E-state index contributed by atoms with van der Waals surface area (Å²) in [6, 6.07) is 85.0. The maximum Gasteiger partial charge on any atom is 0.0468 e. The van der Waals surface area contributed by atoms with Gasteiger partial charge in [-0.1, -0.05) is 212 Å². The predicted molar refractivity (Wildman–Crippen MR) is 323 cm³/mol. The molecule has 0 heterocycles. The van der Waals surface area contributed by atoms with Gasteiger partial charge in [-0.2, -0.15) is 0 Å². The Morgan fingerprint density at radius 2 is 0.838 bits per heavy atom. The van der Waals surface area contributed by atoms with Crippen LogP contribution in [0.15, 0.2) is 249 Å². The molecule has 74 heavy (non-hydrogen) atoms. The SMILES string of the molecule is C=C/C=C\c1ccc(N(c2ccccc2)c2ccc3c(-c4ccccc4)c4cc5c(cc4c(-c4ccccc4)c3c2)-c2ccc(N(c3ccccc3)c3ccc4ccccc4c3)cc2C5(C)C)cc1C.CC.CC. The zero-order valence-corrected chi connectivity index (χ0v) is 43.8. The first-order valence-electron chi connectivity index (χ1n) is 26.3. The van der Waals surface area contributed by atoms with Gasteiger partial charge >= 0.3 is 0 Å². The molecular weight excluding hydrogens is 893 g/mol. The van der Waals surface area contributed by atoms with Gasteiger partial charge in [0.1, 0.15) is 0 Å². The first kappa shape index (κ1) is 48.9. The van der Waals surface area contributed by atoms with Crippen LogP contribution in [-0.4, -0.2) is 0 Å². The van der Waals surface area contributed by atoms with Gasteiger partial charge in [-0.3, -0.25) is 0 Å². The van der Waals surface area contributed by atoms with Gasteiger partial charge in [0.25, 0.3) is 0 Å². The van der Waals surface area contributed by atoms with E-state index < -0.39 is 0 Å². The Balaban J connectivity index is 0.00000153. The summed E-state index contributed by atoms with van der Waals surface area (Å²) in [7, 11) is 0. The number of nitrogens with zero attached hydrogens (tertiary/aromatic N) is 2. The Hall–Kier alpha value is -8.72. The normalized spacial score (nSPS) is 12.1. The summed E-state index contributed by atoms with van der Waals surface area (Å²) in [6.07, 6.45) is 5.95. The van der Waals surface area contributed by atoms with Gasteiger partial charge in [0.05, 0.1) is 0 Å². The highest BCUT2D eigenvalue weighted by Crippen LogP contribution is 2.55. The molecule has 0 spiro atoms. The molecular formula is C72H64N2. The summed E-state index contributed by atoms with van der Waals surface area (Å²) >= 11 is 0. The van der Waals surface area contributed by atoms with Crippen LogP contribution in [0.4, 0.5) is 34.1 Å². The van der Waals surface area contributed by atoms with E-state index in [4.69, 9.17) is 0 Å². The van der Waals surface area contributed by atoms with Crippen molar-refractivity contribution in [2.75, 3.05) is 9.80 Å². The second kappa shape index (κ2) is 21.2. The minimum atomic E-state index is -0.286. The third-order valence-electron chi connectivity index (χ3n) is 14.5. The summed E-state index contributed by atoms with van der Waals surface area (Å²) < 4.78 is 0. The molecule has 11 aromatic carbocycles. The number of rotatable bonds is 10. The minimum Gasteiger partial charge on any atom is -0.310 e. The highest BCUT2D eigenvalue weighted by molar-refractivity contribution is 6.23. The van der Waals surface area contributed by atoms with Crippen LogP contribution in [0.3, 0.4) is 0 Å². The van der Waals surface area contributed by atoms with Crippen LogP contribution in [0.1, 0.15) is 63.8 Å². The molecule has 0 saturated heterocycles. The molecule has 0 N–H and O–H groups in total. The van der Waals surface area contributed by atoms with E-state index in [1.807, 2.05) is 39.8 Å². The second-order valence-electron chi connectivity index (χ2n) is 19.0. The van der Waals surface area contributed by atoms with E-state index in [9.17, 15) is 0 Å². The van der Waals surface area contributed by atoms with Crippen molar-refractivity contribution in [1.29, 1.82) is 0 Å². The molecule has 0 unspecified atom stereocenters. The first-order chi connectivity index (χ1) is 36.4. The molecule has 362 valence electrons. The second-order valence-corrected chi connectivity index (χ2v) is 19.0. The molecule has 0 aromatic heterocycles. The van der Waals surface area contributed by atoms with Crippen LogP contribution >= 0.6 is 0 Å². The van der Waals surface area contributed by atoms with E-state index in [2.05, 4.69) is 274 Å². The average Bonchev–Trinajstić information content (AvgIpc) is 3.68. The van der Waals surface area contributed by atoms with E-state index in [1.165, 1.54) is 88.0 Å². The number of allylic oxidation sites excluding steroid dienone is 2. The Morgan fingerprint density at radius 3 is 1.45 bits per heavy atom. The lowest BCUT2D eigenvalue weighted by Crippen LogP contribution is -2.16. The van der Waals surface area contributed by atoms with Gasteiger partial charge in [-0.15, -0.1) is 0 Å². The molecule has 0 radical (unpaired) electrons. The highest BCUT2D eigenvalue weighted by Gasteiger charge is 2.37. The Bertz CT molecular complexity index is 3810. The number of aryl methyl sites for hydroxylation is 1. The van der Waals surface area contributed by atoms with Crippen molar-refractivity contribution >= 4 is 72.5 Å². The third kappa shape index (κ3) is 8.88. The van der Waals surface area contributed by atoms with Crippen LogP contribution < -0.4 is 9.80 Å². The quantitative estimate of drug-likeness (QED) is 0.0995. The topological polar surface area (TPSA) is 6.48 Å². The summed E-state index contributed by atoms with van der Waals surface area (Å²) in [6.45, 7) is 18.9. The predicted octanol–water partition coefficient (Wildman–Crippen LogP) is 21.3. The van der Waals surface area contributed by atoms with Crippen LogP contribution in [0.2, 0.25) is 0 Å². The molecule has 0 amide bonds. The van der Waals surface area contributed by atoms with E-state index in [-0.39, 0.29) is 5.41 Å². The van der Waals surface area contributed by atoms with Crippen molar-refractivity contribution in [3.8, 4) is 33.4 Å². The van der Waals surface area contributed by atoms with Gasteiger partial charge < -0.3 is 9.80 Å². The van der Waals surface area contributed by atoms with Crippen molar-refractivity contribution < 1.29 is 0 Å². The van der Waals surface area contributed by atoms with Crippen LogP contribution in [0.25, 0.3) is 71.8 Å². The summed E-state index contributed by atoms with van der Waals surface area (Å²) in [5.74, 6) is 0. The van der Waals surface area contributed by atoms with Crippen molar-refractivity contribution in [2.45, 2.75) is 53.9 Å². The van der Waals surface area contributed by atoms with Gasteiger partial charge in [0.2, 0.25) is 0 Å². The van der Waals surface area contributed by atoms with E-state index in [1.54, 1.807) is 0 Å². The maximum absolute atomic E-state index is 3.90. The zero-order valence-electron chi connectivity index (χ0n) is 43.8. The molecule has 1 aliphatic carbocycles. The largest absolute Gasteiger partial charge is 0.310 e. The number of anilines is 6. The summed E-state index contributed by atoms with van der Waals surface area (Å²) in [5, 5.41) is 7.38. The lowest BCUT2D eigenvalue weighted by molar-refractivity contribution is 0.661. The molecule has 2 nitrogen and oxygen atoms in total. The molecule has 11 aromatic rings. The lowest BCUT2D eigenvalue weighted by Gasteiger charge is -2.28. The molecule has 0 fully saturated rings. The molecule has 0 atom stereocenters. The van der Waals surface area contributed by atoms with E-state index >= 15 is 0 Å². The molecule has 0 saturated carbocycles. The monoisotopic (exact) mass is 957 g/mol. The number of fused-ring (bicyclic) bond motifs is 6. The fraction of sp³-hybridized carbons (Fsp3) is 0.111. The van der Waals surface area contributed by atoms with E-state index in [0.29, 0.717) is 0 Å². The zero-order chi connectivity index (χ0) is 51.3. The summed E-state index contributed by atoms with van der Waals surface area (Å²) in [5.41, 5.74) is 18.9. The molecule has 2 heteroatoms. The average molecular weight is 957 g/mol. The van der Waals surface area contributed by atoms with Crippen molar-refractivity contribution in [3.63, 3.8) is 0 Å². The van der Waals surface area contributed by atoms with Crippen LogP contribution in [-0.2, 0) is 5.41 Å². The molecule has 0 bridgehead atoms. The Morgan fingerprint density at radius 1 is 0.378 bits per heavy atom. The van der Waals surface area contributed by atoms with Gasteiger partial charge in [-0.05, 0) is 180 Å². The van der Waals surface area contributed by atoms with E-state index in [0.717, 1.165) is 34.1 Å². The van der Waals surface area contributed by atoms with Gasteiger partial charge in [0.15, 0.2) is 0 Å². The number of benzene rings is 11. The Kier molecular flexibility index (Phi) is 14.0. The smallest absolute Gasteiger partial charge is 0.0468 e. The van der Waals surface area contributed by atoms with Crippen molar-refractivity contribution in [3.05, 3.63) is 272 Å².